The number of aliphatic carboxylic acids is 1. The normalized spacial score (nSPS) is 28.9. The number of fused-ring (bicyclic) bond motifs is 2. The van der Waals surface area contributed by atoms with Crippen molar-refractivity contribution in [3.05, 3.63) is 88.0 Å². The number of aliphatic hydroxyl groups excluding tert-OH is 6. The summed E-state index contributed by atoms with van der Waals surface area (Å²) in [5.41, 5.74) is 3.79. The number of phenolic OH excluding ortho intramolecular Hbond substituents is 1. The van der Waals surface area contributed by atoms with Gasteiger partial charge in [-0.15, -0.1) is 0 Å². The highest BCUT2D eigenvalue weighted by Gasteiger charge is 2.48. The van der Waals surface area contributed by atoms with Crippen molar-refractivity contribution in [2.75, 3.05) is 13.2 Å². The fourth-order valence-electron chi connectivity index (χ4n) is 11.4. The van der Waals surface area contributed by atoms with Crippen molar-refractivity contribution in [1.29, 1.82) is 0 Å². The van der Waals surface area contributed by atoms with Gasteiger partial charge in [-0.2, -0.15) is 0 Å². The molecule has 2 aromatic rings. The van der Waals surface area contributed by atoms with E-state index in [-0.39, 0.29) is 68.3 Å². The average Bonchev–Trinajstić information content (AvgIpc) is 3.44. The van der Waals surface area contributed by atoms with Crippen LogP contribution in [-0.2, 0) is 17.6 Å². The lowest BCUT2D eigenvalue weighted by atomic mass is 9.63. The lowest BCUT2D eigenvalue weighted by Gasteiger charge is -2.48. The molecule has 0 spiro atoms. The highest BCUT2D eigenvalue weighted by Crippen LogP contribution is 2.48. The Morgan fingerprint density at radius 1 is 0.955 bits per heavy atom. The topological polar surface area (TPSA) is 223 Å². The predicted octanol–water partition coefficient (Wildman–Crippen LogP) is 6.04. The summed E-state index contributed by atoms with van der Waals surface area (Å²) in [5.74, 6) is 5.19. The van der Waals surface area contributed by atoms with Gasteiger partial charge in [-0.05, 0) is 154 Å². The van der Waals surface area contributed by atoms with Gasteiger partial charge in [-0.3, -0.25) is 4.79 Å². The van der Waals surface area contributed by atoms with Crippen LogP contribution in [0.25, 0.3) is 0 Å². The summed E-state index contributed by atoms with van der Waals surface area (Å²) in [4.78, 5) is 12.3. The van der Waals surface area contributed by atoms with Gasteiger partial charge >= 0.3 is 5.97 Å². The number of aliphatic hydroxyl groups is 7. The first-order valence-corrected chi connectivity index (χ1v) is 25.2. The molecule has 1 fully saturated rings. The second-order valence-corrected chi connectivity index (χ2v) is 20.6. The third kappa shape index (κ3) is 14.9. The third-order valence-corrected chi connectivity index (χ3v) is 15.0. The number of carbonyl (C=O) groups is 1. The number of aryl methyl sites for hydroxylation is 2. The molecule has 11 N–H and O–H groups in total. The highest BCUT2D eigenvalue weighted by atomic mass is 16.4. The van der Waals surface area contributed by atoms with Gasteiger partial charge in [0.1, 0.15) is 5.75 Å². The number of benzene rings is 2. The SMILES string of the molecule is CCCC[C@H](O)[C@H](O)/C=C/C1=C(\C[C@H](O)CO)[C@H](CC[C@H](O)[C@H]2N[C@@H](C)CC[C@H](CO)[C@H]2CC(=O)O)N[C@@H]([C@@](C)(O)[C@H]2c3ccc(O)cc3CC[C@@H]2CC(C)C)CC#Cc2ccccc2CC1. The predicted molar refractivity (Wildman–Crippen MR) is 262 cm³/mol. The van der Waals surface area contributed by atoms with Gasteiger partial charge in [0.25, 0.3) is 0 Å². The first kappa shape index (κ1) is 54.3. The molecule has 0 unspecified atom stereocenters. The second kappa shape index (κ2) is 25.8. The number of unbranched alkanes of at least 4 members (excludes halogenated alkanes) is 1. The van der Waals surface area contributed by atoms with E-state index in [9.17, 15) is 50.8 Å². The summed E-state index contributed by atoms with van der Waals surface area (Å²) >= 11 is 0. The number of rotatable bonds is 20. The quantitative estimate of drug-likeness (QED) is 0.0685. The van der Waals surface area contributed by atoms with Gasteiger partial charge in [0.05, 0.1) is 43.0 Å². The summed E-state index contributed by atoms with van der Waals surface area (Å²) in [6.45, 7) is 9.51. The van der Waals surface area contributed by atoms with Crippen LogP contribution in [0.4, 0.5) is 0 Å². The number of phenols is 1. The maximum atomic E-state index is 13.5. The third-order valence-electron chi connectivity index (χ3n) is 15.0. The highest BCUT2D eigenvalue weighted by molar-refractivity contribution is 5.67. The van der Waals surface area contributed by atoms with Crippen LogP contribution in [0.1, 0.15) is 146 Å². The smallest absolute Gasteiger partial charge is 0.303 e. The number of nitrogens with one attached hydrogen (secondary N) is 2. The van der Waals surface area contributed by atoms with E-state index >= 15 is 0 Å². The number of hydrogen-bond acceptors (Lipinski definition) is 11. The van der Waals surface area contributed by atoms with Crippen molar-refractivity contribution in [2.45, 2.75) is 191 Å². The van der Waals surface area contributed by atoms with Crippen LogP contribution in [-0.4, -0.2) is 119 Å². The molecule has 5 rings (SSSR count). The van der Waals surface area contributed by atoms with E-state index in [1.54, 1.807) is 18.2 Å². The van der Waals surface area contributed by atoms with E-state index in [2.05, 4.69) is 36.3 Å². The maximum Gasteiger partial charge on any atom is 0.303 e. The Balaban J connectivity index is 1.71. The fraction of sp³-hybridized carbons (Fsp3) is 0.655. The van der Waals surface area contributed by atoms with Crippen LogP contribution < -0.4 is 10.6 Å². The minimum absolute atomic E-state index is 0.00899. The lowest BCUT2D eigenvalue weighted by molar-refractivity contribution is -0.139. The molecule has 2 aliphatic heterocycles. The standard InChI is InChI=1S/C55H82N2O10/c1-6-7-14-48(62)49(63)26-22-38-19-18-37-12-9-8-11-36(37)13-10-15-51(55(5,67)53-40(28-34(2)3)21-20-39-29-42(60)23-24-44(39)53)57-47(45(38)30-43(61)33-59)25-27-50(64)54-46(31-52(65)66)41(32-58)17-16-35(4)56-54/h8-9,11-12,22-24,26,29,34-35,40-41,43,46-51,53-54,56-64,67H,6-7,14-21,25,27-28,30-33H2,1-5H3,(H,65,66)/b26-22+,45-38+/t35-,40+,41+,43-,46+,47-,48-,49+,50-,51+,53+,54-,55+/m0/s1. The van der Waals surface area contributed by atoms with Gasteiger partial charge in [-0.25, -0.2) is 0 Å². The molecular formula is C55H82N2O10. The number of hydrogen-bond donors (Lipinski definition) is 11. The molecule has 12 heteroatoms. The zero-order chi connectivity index (χ0) is 48.8. The molecule has 0 radical (unpaired) electrons. The van der Waals surface area contributed by atoms with E-state index in [4.69, 9.17) is 0 Å². The van der Waals surface area contributed by atoms with E-state index in [0.29, 0.717) is 43.6 Å². The van der Waals surface area contributed by atoms with Gasteiger partial charge in [0, 0.05) is 48.7 Å². The van der Waals surface area contributed by atoms with Crippen LogP contribution >= 0.6 is 0 Å². The molecule has 0 bridgehead atoms. The lowest BCUT2D eigenvalue weighted by Crippen LogP contribution is -2.58. The maximum absolute atomic E-state index is 13.5. The molecular weight excluding hydrogens is 849 g/mol. The Hall–Kier alpha value is -3.61. The Kier molecular flexibility index (Phi) is 21.0. The van der Waals surface area contributed by atoms with Crippen molar-refractivity contribution < 1.29 is 50.8 Å². The van der Waals surface area contributed by atoms with Crippen LogP contribution in [0.2, 0.25) is 0 Å². The molecule has 3 aliphatic rings. The van der Waals surface area contributed by atoms with Crippen molar-refractivity contribution in [2.24, 2.45) is 23.7 Å². The summed E-state index contributed by atoms with van der Waals surface area (Å²) in [5, 5.41) is 108. The van der Waals surface area contributed by atoms with Gasteiger partial charge in [0.15, 0.2) is 0 Å². The first-order valence-electron chi connectivity index (χ1n) is 25.2. The van der Waals surface area contributed by atoms with Crippen molar-refractivity contribution in [3.63, 3.8) is 0 Å². The summed E-state index contributed by atoms with van der Waals surface area (Å²) in [6, 6.07) is 11.3. The molecule has 0 aromatic heterocycles. The fourth-order valence-corrected chi connectivity index (χ4v) is 11.4. The first-order chi connectivity index (χ1) is 32.0. The van der Waals surface area contributed by atoms with Crippen molar-refractivity contribution in [1.82, 2.24) is 10.6 Å². The summed E-state index contributed by atoms with van der Waals surface area (Å²) in [7, 11) is 0. The van der Waals surface area contributed by atoms with Crippen LogP contribution in [0.3, 0.4) is 0 Å². The molecule has 12 nitrogen and oxygen atoms in total. The average molecular weight is 931 g/mol. The van der Waals surface area contributed by atoms with Gasteiger partial charge in [0.2, 0.25) is 0 Å². The Morgan fingerprint density at radius 2 is 1.72 bits per heavy atom. The number of carboxylic acids is 1. The Labute approximate surface area is 399 Å². The minimum atomic E-state index is -1.46. The van der Waals surface area contributed by atoms with E-state index < -0.39 is 66.6 Å². The number of carboxylic acid groups (broad SMARTS) is 1. The molecule has 2 aromatic carbocycles. The Bertz CT molecular complexity index is 2000. The molecule has 1 saturated heterocycles. The molecule has 372 valence electrons. The van der Waals surface area contributed by atoms with Crippen molar-refractivity contribution >= 4 is 5.97 Å². The van der Waals surface area contributed by atoms with Crippen LogP contribution in [0, 0.1) is 35.5 Å². The largest absolute Gasteiger partial charge is 0.508 e. The molecule has 67 heavy (non-hydrogen) atoms. The van der Waals surface area contributed by atoms with E-state index in [1.807, 2.05) is 57.2 Å². The monoisotopic (exact) mass is 931 g/mol. The van der Waals surface area contributed by atoms with Crippen LogP contribution in [0.5, 0.6) is 5.75 Å². The molecule has 13 atom stereocenters. The van der Waals surface area contributed by atoms with E-state index in [1.165, 1.54) is 0 Å². The number of allylic oxidation sites excluding steroid dienone is 2. The molecule has 2 heterocycles. The van der Waals surface area contributed by atoms with E-state index in [0.717, 1.165) is 59.9 Å². The summed E-state index contributed by atoms with van der Waals surface area (Å²) < 4.78 is 0. The minimum Gasteiger partial charge on any atom is -0.508 e. The second-order valence-electron chi connectivity index (χ2n) is 20.6. The Morgan fingerprint density at radius 3 is 2.42 bits per heavy atom. The number of aromatic hydroxyl groups is 1. The zero-order valence-electron chi connectivity index (χ0n) is 40.7. The van der Waals surface area contributed by atoms with Crippen molar-refractivity contribution in [3.8, 4) is 17.6 Å². The van der Waals surface area contributed by atoms with Crippen LogP contribution in [0.15, 0.2) is 65.8 Å². The summed E-state index contributed by atoms with van der Waals surface area (Å²) in [6.07, 6.45) is 6.11. The molecule has 1 aliphatic carbocycles. The zero-order valence-corrected chi connectivity index (χ0v) is 40.7. The molecule has 0 saturated carbocycles. The van der Waals surface area contributed by atoms with Gasteiger partial charge < -0.3 is 56.6 Å². The van der Waals surface area contributed by atoms with Gasteiger partial charge in [-0.1, -0.05) is 81.9 Å². The molecule has 0 amide bonds.